The quantitative estimate of drug-likeness (QED) is 0.758. The first-order chi connectivity index (χ1) is 8.63. The van der Waals surface area contributed by atoms with Gasteiger partial charge in [0.25, 0.3) is 0 Å². The molecule has 98 valence electrons. The van der Waals surface area contributed by atoms with Crippen LogP contribution >= 0.6 is 0 Å². The van der Waals surface area contributed by atoms with E-state index in [1.807, 2.05) is 13.0 Å². The molecule has 2 amide bonds. The van der Waals surface area contributed by atoms with E-state index in [0.717, 1.165) is 5.56 Å². The summed E-state index contributed by atoms with van der Waals surface area (Å²) >= 11 is 0. The molecule has 18 heavy (non-hydrogen) atoms. The lowest BCUT2D eigenvalue weighted by atomic mass is 10.2. The summed E-state index contributed by atoms with van der Waals surface area (Å²) in [6.07, 6.45) is 1.63. The number of carbonyl (C=O) groups excluding carboxylic acids is 2. The van der Waals surface area contributed by atoms with E-state index in [2.05, 4.69) is 15.6 Å². The second-order valence-corrected chi connectivity index (χ2v) is 3.59. The summed E-state index contributed by atoms with van der Waals surface area (Å²) in [6, 6.07) is 3.61. The maximum Gasteiger partial charge on any atom is 0.239 e. The molecule has 0 unspecified atom stereocenters. The molecule has 0 fully saturated rings. The fourth-order valence-electron chi connectivity index (χ4n) is 1.29. The number of pyridine rings is 1. The van der Waals surface area contributed by atoms with Gasteiger partial charge in [-0.1, -0.05) is 6.07 Å². The lowest BCUT2D eigenvalue weighted by molar-refractivity contribution is -0.125. The SMILES string of the molecule is CCOc1ncccc1CNC(=O)CNC(C)=O. The third-order valence-corrected chi connectivity index (χ3v) is 2.10. The van der Waals surface area contributed by atoms with Gasteiger partial charge in [-0.3, -0.25) is 9.59 Å². The maximum absolute atomic E-state index is 11.4. The van der Waals surface area contributed by atoms with Gasteiger partial charge in [-0.2, -0.15) is 0 Å². The van der Waals surface area contributed by atoms with Gasteiger partial charge in [-0.05, 0) is 13.0 Å². The average molecular weight is 251 g/mol. The van der Waals surface area contributed by atoms with Crippen LogP contribution in [-0.2, 0) is 16.1 Å². The van der Waals surface area contributed by atoms with Crippen LogP contribution in [0.1, 0.15) is 19.4 Å². The minimum absolute atomic E-state index is 0.0282. The van der Waals surface area contributed by atoms with Gasteiger partial charge in [0.15, 0.2) is 0 Å². The van der Waals surface area contributed by atoms with Crippen LogP contribution in [0.4, 0.5) is 0 Å². The number of hydrogen-bond acceptors (Lipinski definition) is 4. The van der Waals surface area contributed by atoms with Gasteiger partial charge in [-0.15, -0.1) is 0 Å². The molecule has 1 rings (SSSR count). The smallest absolute Gasteiger partial charge is 0.239 e. The van der Waals surface area contributed by atoms with Crippen molar-refractivity contribution in [1.82, 2.24) is 15.6 Å². The van der Waals surface area contributed by atoms with E-state index in [1.54, 1.807) is 12.3 Å². The van der Waals surface area contributed by atoms with E-state index in [9.17, 15) is 9.59 Å². The lowest BCUT2D eigenvalue weighted by Gasteiger charge is -2.09. The Kier molecular flexibility index (Phi) is 5.63. The van der Waals surface area contributed by atoms with Gasteiger partial charge in [0.05, 0.1) is 13.2 Å². The van der Waals surface area contributed by atoms with Crippen molar-refractivity contribution in [3.8, 4) is 5.88 Å². The minimum atomic E-state index is -0.253. The van der Waals surface area contributed by atoms with Crippen molar-refractivity contribution in [1.29, 1.82) is 0 Å². The Morgan fingerprint density at radius 3 is 2.83 bits per heavy atom. The first-order valence-corrected chi connectivity index (χ1v) is 5.71. The van der Waals surface area contributed by atoms with Gasteiger partial charge in [0.1, 0.15) is 0 Å². The number of rotatable bonds is 6. The Labute approximate surface area is 106 Å². The van der Waals surface area contributed by atoms with Crippen LogP contribution in [0.15, 0.2) is 18.3 Å². The largest absolute Gasteiger partial charge is 0.478 e. The van der Waals surface area contributed by atoms with Gasteiger partial charge >= 0.3 is 0 Å². The summed E-state index contributed by atoms with van der Waals surface area (Å²) in [4.78, 5) is 26.1. The van der Waals surface area contributed by atoms with Crippen LogP contribution in [0.3, 0.4) is 0 Å². The second-order valence-electron chi connectivity index (χ2n) is 3.59. The summed E-state index contributed by atoms with van der Waals surface area (Å²) in [5.41, 5.74) is 0.801. The average Bonchev–Trinajstić information content (AvgIpc) is 2.35. The number of hydrogen-bond donors (Lipinski definition) is 2. The Morgan fingerprint density at radius 2 is 2.17 bits per heavy atom. The van der Waals surface area contributed by atoms with Gasteiger partial charge in [0, 0.05) is 25.2 Å². The second kappa shape index (κ2) is 7.26. The highest BCUT2D eigenvalue weighted by molar-refractivity contribution is 5.83. The lowest BCUT2D eigenvalue weighted by Crippen LogP contribution is -2.35. The molecule has 0 spiro atoms. The summed E-state index contributed by atoms with van der Waals surface area (Å²) in [5.74, 6) is 0.0258. The molecule has 0 atom stereocenters. The summed E-state index contributed by atoms with van der Waals surface area (Å²) in [6.45, 7) is 4.04. The zero-order valence-corrected chi connectivity index (χ0v) is 10.5. The number of aromatic nitrogens is 1. The molecule has 0 saturated carbocycles. The number of nitrogens with one attached hydrogen (secondary N) is 2. The molecule has 0 saturated heterocycles. The highest BCUT2D eigenvalue weighted by Crippen LogP contribution is 2.13. The Balaban J connectivity index is 2.47. The molecule has 1 heterocycles. The highest BCUT2D eigenvalue weighted by Gasteiger charge is 2.06. The van der Waals surface area contributed by atoms with E-state index < -0.39 is 0 Å². The Hall–Kier alpha value is -2.11. The van der Waals surface area contributed by atoms with Gasteiger partial charge < -0.3 is 15.4 Å². The van der Waals surface area contributed by atoms with E-state index in [4.69, 9.17) is 4.74 Å². The molecule has 0 aliphatic carbocycles. The van der Waals surface area contributed by atoms with Crippen molar-refractivity contribution in [2.45, 2.75) is 20.4 Å². The topological polar surface area (TPSA) is 80.3 Å². The predicted molar refractivity (Wildman–Crippen MR) is 65.9 cm³/mol. The van der Waals surface area contributed by atoms with Crippen LogP contribution < -0.4 is 15.4 Å². The highest BCUT2D eigenvalue weighted by atomic mass is 16.5. The monoisotopic (exact) mass is 251 g/mol. The zero-order chi connectivity index (χ0) is 13.4. The number of nitrogens with zero attached hydrogens (tertiary/aromatic N) is 1. The molecule has 1 aromatic rings. The van der Waals surface area contributed by atoms with Crippen LogP contribution in [-0.4, -0.2) is 29.9 Å². The van der Waals surface area contributed by atoms with Crippen molar-refractivity contribution in [2.75, 3.05) is 13.2 Å². The molecule has 6 heteroatoms. The molecule has 0 aliphatic rings. The van der Waals surface area contributed by atoms with E-state index >= 15 is 0 Å². The van der Waals surface area contributed by atoms with Crippen LogP contribution in [0.25, 0.3) is 0 Å². The molecule has 0 aromatic carbocycles. The standard InChI is InChI=1S/C12H17N3O3/c1-3-18-12-10(5-4-6-13-12)7-15-11(17)8-14-9(2)16/h4-6H,3,7-8H2,1-2H3,(H,14,16)(H,15,17). The van der Waals surface area contributed by atoms with Crippen molar-refractivity contribution >= 4 is 11.8 Å². The fourth-order valence-corrected chi connectivity index (χ4v) is 1.29. The van der Waals surface area contributed by atoms with Crippen molar-refractivity contribution in [3.05, 3.63) is 23.9 Å². The van der Waals surface area contributed by atoms with Crippen molar-refractivity contribution < 1.29 is 14.3 Å². The zero-order valence-electron chi connectivity index (χ0n) is 10.5. The summed E-state index contributed by atoms with van der Waals surface area (Å²) in [5, 5.41) is 5.10. The normalized spacial score (nSPS) is 9.67. The maximum atomic E-state index is 11.4. The molecule has 0 aliphatic heterocycles. The molecule has 0 bridgehead atoms. The number of ether oxygens (including phenoxy) is 1. The predicted octanol–water partition coefficient (Wildman–Crippen LogP) is 0.233. The molecule has 0 radical (unpaired) electrons. The number of carbonyl (C=O) groups is 2. The molecule has 2 N–H and O–H groups in total. The minimum Gasteiger partial charge on any atom is -0.478 e. The third-order valence-electron chi connectivity index (χ3n) is 2.10. The van der Waals surface area contributed by atoms with E-state index in [1.165, 1.54) is 6.92 Å². The van der Waals surface area contributed by atoms with Crippen LogP contribution in [0, 0.1) is 0 Å². The van der Waals surface area contributed by atoms with E-state index in [-0.39, 0.29) is 18.4 Å². The molecular formula is C12H17N3O3. The Bertz CT molecular complexity index is 421. The fraction of sp³-hybridized carbons (Fsp3) is 0.417. The third kappa shape index (κ3) is 4.82. The van der Waals surface area contributed by atoms with Crippen molar-refractivity contribution in [3.63, 3.8) is 0 Å². The van der Waals surface area contributed by atoms with E-state index in [0.29, 0.717) is 19.0 Å². The Morgan fingerprint density at radius 1 is 1.39 bits per heavy atom. The van der Waals surface area contributed by atoms with Crippen LogP contribution in [0.2, 0.25) is 0 Å². The molecule has 1 aromatic heterocycles. The number of amides is 2. The molecule has 6 nitrogen and oxygen atoms in total. The first-order valence-electron chi connectivity index (χ1n) is 5.71. The van der Waals surface area contributed by atoms with Gasteiger partial charge in [-0.25, -0.2) is 4.98 Å². The van der Waals surface area contributed by atoms with Crippen molar-refractivity contribution in [2.24, 2.45) is 0 Å². The molecular weight excluding hydrogens is 234 g/mol. The summed E-state index contributed by atoms with van der Waals surface area (Å²) in [7, 11) is 0. The van der Waals surface area contributed by atoms with Gasteiger partial charge in [0.2, 0.25) is 17.7 Å². The summed E-state index contributed by atoms with van der Waals surface area (Å²) < 4.78 is 5.34. The first kappa shape index (κ1) is 14.0. The van der Waals surface area contributed by atoms with Crippen LogP contribution in [0.5, 0.6) is 5.88 Å².